The van der Waals surface area contributed by atoms with E-state index in [1.54, 1.807) is 31.3 Å². The summed E-state index contributed by atoms with van der Waals surface area (Å²) in [6.45, 7) is 1.88. The number of carboxylic acids is 1. The highest BCUT2D eigenvalue weighted by Gasteiger charge is 2.21. The summed E-state index contributed by atoms with van der Waals surface area (Å²) in [5, 5.41) is 16.8. The van der Waals surface area contributed by atoms with Crippen LogP contribution in [0.4, 0.5) is 20.3 Å². The number of urea groups is 1. The van der Waals surface area contributed by atoms with Crippen molar-refractivity contribution in [2.75, 3.05) is 23.7 Å². The predicted molar refractivity (Wildman–Crippen MR) is 123 cm³/mol. The van der Waals surface area contributed by atoms with Gasteiger partial charge in [0.25, 0.3) is 0 Å². The molecule has 4 aromatic rings. The largest absolute Gasteiger partial charge is 0.480 e. The number of fused-ring (bicyclic) bond motifs is 1. The molecular weight excluding hydrogens is 449 g/mol. The number of anilines is 2. The van der Waals surface area contributed by atoms with Crippen molar-refractivity contribution in [3.63, 3.8) is 0 Å². The third-order valence-electron chi connectivity index (χ3n) is 4.46. The Bertz CT molecular complexity index is 1310. The van der Waals surface area contributed by atoms with Crippen LogP contribution in [0.3, 0.4) is 0 Å². The minimum atomic E-state index is -1.06. The van der Waals surface area contributed by atoms with E-state index < -0.39 is 17.8 Å². The van der Waals surface area contributed by atoms with Gasteiger partial charge in [0.05, 0.1) is 10.4 Å². The van der Waals surface area contributed by atoms with Crippen molar-refractivity contribution in [1.82, 2.24) is 25.3 Å². The first-order chi connectivity index (χ1) is 16.0. The normalized spacial score (nSPS) is 10.7. The van der Waals surface area contributed by atoms with Crippen molar-refractivity contribution >= 4 is 44.6 Å². The van der Waals surface area contributed by atoms with Crippen LogP contribution in [0.2, 0.25) is 0 Å². The summed E-state index contributed by atoms with van der Waals surface area (Å²) in [5.41, 5.74) is 1.90. The molecule has 0 saturated carbocycles. The highest BCUT2D eigenvalue weighted by molar-refractivity contribution is 7.22. The van der Waals surface area contributed by atoms with Crippen LogP contribution in [-0.2, 0) is 4.79 Å². The van der Waals surface area contributed by atoms with Gasteiger partial charge in [-0.1, -0.05) is 17.4 Å². The van der Waals surface area contributed by atoms with E-state index in [2.05, 4.69) is 35.9 Å². The van der Waals surface area contributed by atoms with Gasteiger partial charge in [0, 0.05) is 41.8 Å². The molecule has 12 heteroatoms. The van der Waals surface area contributed by atoms with Crippen LogP contribution in [-0.4, -0.2) is 50.1 Å². The number of thiazole rings is 1. The topological polar surface area (TPSA) is 142 Å². The van der Waals surface area contributed by atoms with Crippen molar-refractivity contribution in [3.05, 3.63) is 48.7 Å². The van der Waals surface area contributed by atoms with Crippen LogP contribution in [0.1, 0.15) is 6.92 Å². The van der Waals surface area contributed by atoms with Crippen LogP contribution >= 0.6 is 11.3 Å². The minimum absolute atomic E-state index is 0.0815. The van der Waals surface area contributed by atoms with E-state index in [-0.39, 0.29) is 28.7 Å². The Hall–Kier alpha value is -4.19. The number of hydrogen-bond donors (Lipinski definition) is 4. The Kier molecular flexibility index (Phi) is 6.36. The first-order valence-electron chi connectivity index (χ1n) is 9.83. The summed E-state index contributed by atoms with van der Waals surface area (Å²) >= 11 is 1.14. The fourth-order valence-electron chi connectivity index (χ4n) is 3.04. The molecule has 0 bridgehead atoms. The molecule has 0 radical (unpaired) electrons. The molecule has 10 nitrogen and oxygen atoms in total. The molecular formula is C21H18FN7O3S. The molecule has 0 spiro atoms. The molecule has 0 saturated heterocycles. The maximum atomic E-state index is 15.6. The Morgan fingerprint density at radius 2 is 1.94 bits per heavy atom. The van der Waals surface area contributed by atoms with E-state index in [1.165, 1.54) is 12.4 Å². The zero-order valence-electron chi connectivity index (χ0n) is 17.3. The van der Waals surface area contributed by atoms with E-state index in [0.29, 0.717) is 28.1 Å². The standard InChI is InChI=1S/C21H18FN7O3S/c1-2-23-20(32)29-21-28-17-16(22)12(11-8-25-19(26-9-11)27-10-15(30)31)7-13(18(17)33-21)14-5-3-4-6-24-14/h3-9H,2,10H2,1H3,(H,30,31)(H,25,26,27)(H2,23,28,29,32). The molecule has 2 amide bonds. The van der Waals surface area contributed by atoms with E-state index >= 15 is 4.39 Å². The lowest BCUT2D eigenvalue weighted by Gasteiger charge is -2.09. The zero-order chi connectivity index (χ0) is 23.4. The Morgan fingerprint density at radius 3 is 2.61 bits per heavy atom. The SMILES string of the molecule is CCNC(=O)Nc1nc2c(F)c(-c3cnc(NCC(=O)O)nc3)cc(-c3ccccn3)c2s1. The highest BCUT2D eigenvalue weighted by atomic mass is 32.1. The Morgan fingerprint density at radius 1 is 1.15 bits per heavy atom. The summed E-state index contributed by atoms with van der Waals surface area (Å²) in [4.78, 5) is 39.4. The van der Waals surface area contributed by atoms with Crippen LogP contribution in [0.15, 0.2) is 42.9 Å². The number of aliphatic carboxylic acids is 1. The molecule has 0 aliphatic rings. The molecule has 1 aromatic carbocycles. The number of carbonyl (C=O) groups is 2. The summed E-state index contributed by atoms with van der Waals surface area (Å²) in [5.74, 6) is -1.55. The summed E-state index contributed by atoms with van der Waals surface area (Å²) in [6.07, 6.45) is 4.42. The van der Waals surface area contributed by atoms with Crippen LogP contribution in [0.25, 0.3) is 32.6 Å². The first kappa shape index (κ1) is 22.0. The van der Waals surface area contributed by atoms with Gasteiger partial charge in [0.2, 0.25) is 5.95 Å². The van der Waals surface area contributed by atoms with Gasteiger partial charge in [-0.2, -0.15) is 0 Å². The lowest BCUT2D eigenvalue weighted by atomic mass is 10.0. The van der Waals surface area contributed by atoms with Crippen molar-refractivity contribution < 1.29 is 19.1 Å². The third-order valence-corrected chi connectivity index (χ3v) is 5.47. The molecule has 0 aliphatic carbocycles. The fourth-order valence-corrected chi connectivity index (χ4v) is 4.02. The number of nitrogens with zero attached hydrogens (tertiary/aromatic N) is 4. The second-order valence-corrected chi connectivity index (χ2v) is 7.72. The molecule has 0 unspecified atom stereocenters. The van der Waals surface area contributed by atoms with Crippen LogP contribution in [0.5, 0.6) is 0 Å². The molecule has 4 N–H and O–H groups in total. The summed E-state index contributed by atoms with van der Waals surface area (Å²) in [6, 6.07) is 6.59. The quantitative estimate of drug-likeness (QED) is 0.323. The van der Waals surface area contributed by atoms with Gasteiger partial charge in [0.15, 0.2) is 10.9 Å². The van der Waals surface area contributed by atoms with E-state index in [1.807, 2.05) is 6.07 Å². The predicted octanol–water partition coefficient (Wildman–Crippen LogP) is 3.59. The average Bonchev–Trinajstić information content (AvgIpc) is 3.23. The van der Waals surface area contributed by atoms with Crippen LogP contribution in [0, 0.1) is 5.82 Å². The minimum Gasteiger partial charge on any atom is -0.480 e. The molecule has 4 rings (SSSR count). The molecule has 3 heterocycles. The van der Waals surface area contributed by atoms with E-state index in [9.17, 15) is 9.59 Å². The third kappa shape index (κ3) is 4.85. The van der Waals surface area contributed by atoms with Gasteiger partial charge < -0.3 is 15.7 Å². The van der Waals surface area contributed by atoms with Crippen LogP contribution < -0.4 is 16.0 Å². The van der Waals surface area contributed by atoms with Gasteiger partial charge in [-0.25, -0.2) is 24.1 Å². The van der Waals surface area contributed by atoms with Crippen molar-refractivity contribution in [3.8, 4) is 22.4 Å². The van der Waals surface area contributed by atoms with Gasteiger partial charge >= 0.3 is 12.0 Å². The molecule has 0 aliphatic heterocycles. The number of hydrogen-bond acceptors (Lipinski definition) is 8. The Labute approximate surface area is 191 Å². The van der Waals surface area contributed by atoms with E-state index in [4.69, 9.17) is 5.11 Å². The lowest BCUT2D eigenvalue weighted by Crippen LogP contribution is -2.28. The first-order valence-corrected chi connectivity index (χ1v) is 10.6. The van der Waals surface area contributed by atoms with Crippen molar-refractivity contribution in [2.45, 2.75) is 6.92 Å². The van der Waals surface area contributed by atoms with Crippen molar-refractivity contribution in [1.29, 1.82) is 0 Å². The molecule has 0 atom stereocenters. The maximum Gasteiger partial charge on any atom is 0.322 e. The number of pyridine rings is 1. The summed E-state index contributed by atoms with van der Waals surface area (Å²) < 4.78 is 16.1. The molecule has 33 heavy (non-hydrogen) atoms. The second kappa shape index (κ2) is 9.53. The maximum absolute atomic E-state index is 15.6. The molecule has 3 aromatic heterocycles. The fraction of sp³-hybridized carbons (Fsp3) is 0.143. The number of carboxylic acid groups (broad SMARTS) is 1. The molecule has 0 fully saturated rings. The number of aromatic nitrogens is 4. The number of halogens is 1. The number of nitrogens with one attached hydrogen (secondary N) is 3. The number of amides is 2. The lowest BCUT2D eigenvalue weighted by molar-refractivity contribution is -0.134. The van der Waals surface area contributed by atoms with Gasteiger partial charge in [-0.05, 0) is 25.1 Å². The number of benzene rings is 1. The van der Waals surface area contributed by atoms with Gasteiger partial charge in [0.1, 0.15) is 12.1 Å². The second-order valence-electron chi connectivity index (χ2n) is 6.72. The average molecular weight is 467 g/mol. The van der Waals surface area contributed by atoms with Gasteiger partial charge in [-0.3, -0.25) is 15.1 Å². The smallest absolute Gasteiger partial charge is 0.322 e. The van der Waals surface area contributed by atoms with Gasteiger partial charge in [-0.15, -0.1) is 0 Å². The molecule has 168 valence electrons. The van der Waals surface area contributed by atoms with E-state index in [0.717, 1.165) is 11.3 Å². The number of rotatable bonds is 7. The zero-order valence-corrected chi connectivity index (χ0v) is 18.1. The monoisotopic (exact) mass is 467 g/mol. The Balaban J connectivity index is 1.81. The van der Waals surface area contributed by atoms with Crippen molar-refractivity contribution in [2.24, 2.45) is 0 Å². The summed E-state index contributed by atoms with van der Waals surface area (Å²) in [7, 11) is 0. The highest BCUT2D eigenvalue weighted by Crippen LogP contribution is 2.40. The number of carbonyl (C=O) groups excluding carboxylic acids is 1.